The topological polar surface area (TPSA) is 56.5 Å². The summed E-state index contributed by atoms with van der Waals surface area (Å²) in [6.07, 6.45) is 2.82. The number of halogens is 1. The molecule has 108 valence electrons. The molecule has 3 N–H and O–H groups in total. The largest absolute Gasteiger partial charge is 0.496 e. The highest BCUT2D eigenvalue weighted by molar-refractivity contribution is 9.10. The van der Waals surface area contributed by atoms with Gasteiger partial charge in [-0.3, -0.25) is 11.3 Å². The number of nitrogens with one attached hydrogen (secondary N) is 1. The monoisotopic (exact) mass is 330 g/mol. The molecule has 0 saturated carbocycles. The molecule has 0 saturated heterocycles. The molecule has 0 heterocycles. The van der Waals surface area contributed by atoms with Gasteiger partial charge in [0.15, 0.2) is 0 Å². The molecule has 1 aromatic rings. The Kier molecular flexibility index (Phi) is 8.05. The summed E-state index contributed by atoms with van der Waals surface area (Å²) >= 11 is 3.49. The van der Waals surface area contributed by atoms with E-state index in [2.05, 4.69) is 40.4 Å². The number of ether oxygens (including phenoxy) is 2. The van der Waals surface area contributed by atoms with E-state index in [1.54, 1.807) is 7.11 Å². The molecule has 0 spiro atoms. The lowest BCUT2D eigenvalue weighted by Gasteiger charge is -2.16. The fraction of sp³-hybridized carbons (Fsp3) is 0.571. The minimum absolute atomic E-state index is 0.220. The number of hydrazine groups is 1. The highest BCUT2D eigenvalue weighted by atomic mass is 79.9. The molecule has 0 aliphatic rings. The summed E-state index contributed by atoms with van der Waals surface area (Å²) in [5.74, 6) is 6.43. The summed E-state index contributed by atoms with van der Waals surface area (Å²) < 4.78 is 11.7. The zero-order chi connectivity index (χ0) is 14.1. The Labute approximate surface area is 123 Å². The summed E-state index contributed by atoms with van der Waals surface area (Å²) in [7, 11) is 1.66. The van der Waals surface area contributed by atoms with E-state index in [1.807, 2.05) is 6.07 Å². The molecule has 0 amide bonds. The summed E-state index contributed by atoms with van der Waals surface area (Å²) in [5.41, 5.74) is 4.06. The van der Waals surface area contributed by atoms with E-state index < -0.39 is 0 Å². The second kappa shape index (κ2) is 9.31. The van der Waals surface area contributed by atoms with E-state index in [0.29, 0.717) is 0 Å². The standard InChI is InChI=1S/C14H23BrN2O2/c1-3-7-19-8-6-12(17-16)9-11-4-5-14(18-2)13(15)10-11/h4-5,10,12,17H,3,6-9,16H2,1-2H3. The average molecular weight is 331 g/mol. The maximum absolute atomic E-state index is 5.59. The van der Waals surface area contributed by atoms with Crippen LogP contribution >= 0.6 is 15.9 Å². The highest BCUT2D eigenvalue weighted by Gasteiger charge is 2.09. The predicted molar refractivity (Wildman–Crippen MR) is 81.2 cm³/mol. The van der Waals surface area contributed by atoms with E-state index in [4.69, 9.17) is 15.3 Å². The van der Waals surface area contributed by atoms with Crippen LogP contribution in [0.3, 0.4) is 0 Å². The van der Waals surface area contributed by atoms with E-state index in [1.165, 1.54) is 5.56 Å². The summed E-state index contributed by atoms with van der Waals surface area (Å²) in [6, 6.07) is 6.30. The van der Waals surface area contributed by atoms with Crippen LogP contribution in [0.4, 0.5) is 0 Å². The number of benzene rings is 1. The van der Waals surface area contributed by atoms with Gasteiger partial charge in [-0.1, -0.05) is 13.0 Å². The molecule has 0 bridgehead atoms. The van der Waals surface area contributed by atoms with Crippen LogP contribution < -0.4 is 16.0 Å². The van der Waals surface area contributed by atoms with E-state index in [-0.39, 0.29) is 6.04 Å². The van der Waals surface area contributed by atoms with Gasteiger partial charge in [-0.2, -0.15) is 0 Å². The minimum atomic E-state index is 0.220. The number of rotatable bonds is 9. The Morgan fingerprint density at radius 1 is 1.37 bits per heavy atom. The zero-order valence-corrected chi connectivity index (χ0v) is 13.2. The van der Waals surface area contributed by atoms with Gasteiger partial charge >= 0.3 is 0 Å². The Hall–Kier alpha value is -0.620. The van der Waals surface area contributed by atoms with Crippen molar-refractivity contribution in [1.29, 1.82) is 0 Å². The van der Waals surface area contributed by atoms with Gasteiger partial charge in [-0.15, -0.1) is 0 Å². The van der Waals surface area contributed by atoms with Crippen molar-refractivity contribution >= 4 is 15.9 Å². The van der Waals surface area contributed by atoms with E-state index in [9.17, 15) is 0 Å². The molecule has 4 nitrogen and oxygen atoms in total. The van der Waals surface area contributed by atoms with Crippen LogP contribution in [-0.4, -0.2) is 26.4 Å². The number of methoxy groups -OCH3 is 1. The van der Waals surface area contributed by atoms with Crippen molar-refractivity contribution in [2.75, 3.05) is 20.3 Å². The third kappa shape index (κ3) is 5.91. The number of nitrogens with two attached hydrogens (primary N) is 1. The molecule has 0 aliphatic carbocycles. The van der Waals surface area contributed by atoms with Crippen molar-refractivity contribution in [1.82, 2.24) is 5.43 Å². The lowest BCUT2D eigenvalue weighted by Crippen LogP contribution is -2.37. The van der Waals surface area contributed by atoms with Crippen molar-refractivity contribution in [3.05, 3.63) is 28.2 Å². The number of hydrogen-bond acceptors (Lipinski definition) is 4. The fourth-order valence-corrected chi connectivity index (χ4v) is 2.43. The molecule has 0 aromatic heterocycles. The van der Waals surface area contributed by atoms with Crippen molar-refractivity contribution in [2.45, 2.75) is 32.2 Å². The van der Waals surface area contributed by atoms with E-state index in [0.717, 1.165) is 42.7 Å². The quantitative estimate of drug-likeness (QED) is 0.415. The van der Waals surface area contributed by atoms with Gasteiger partial charge < -0.3 is 9.47 Å². The molecule has 0 radical (unpaired) electrons. The maximum Gasteiger partial charge on any atom is 0.133 e. The van der Waals surface area contributed by atoms with Crippen LogP contribution in [0, 0.1) is 0 Å². The Morgan fingerprint density at radius 3 is 2.74 bits per heavy atom. The third-order valence-electron chi connectivity index (χ3n) is 2.89. The summed E-state index contributed by atoms with van der Waals surface area (Å²) in [5, 5.41) is 0. The molecule has 1 aromatic carbocycles. The maximum atomic E-state index is 5.59. The lowest BCUT2D eigenvalue weighted by molar-refractivity contribution is 0.124. The van der Waals surface area contributed by atoms with Gasteiger partial charge in [0, 0.05) is 19.3 Å². The van der Waals surface area contributed by atoms with Crippen molar-refractivity contribution in [3.8, 4) is 5.75 Å². The van der Waals surface area contributed by atoms with Crippen LogP contribution in [0.2, 0.25) is 0 Å². The SMILES string of the molecule is CCCOCCC(Cc1ccc(OC)c(Br)c1)NN. The molecular weight excluding hydrogens is 308 g/mol. The average Bonchev–Trinajstić information content (AvgIpc) is 2.42. The van der Waals surface area contributed by atoms with Gasteiger partial charge in [-0.05, 0) is 52.9 Å². The zero-order valence-electron chi connectivity index (χ0n) is 11.6. The van der Waals surface area contributed by atoms with Gasteiger partial charge in [0.2, 0.25) is 0 Å². The Balaban J connectivity index is 2.48. The molecule has 1 atom stereocenters. The van der Waals surface area contributed by atoms with Crippen LogP contribution in [0.1, 0.15) is 25.3 Å². The van der Waals surface area contributed by atoms with Gasteiger partial charge in [0.05, 0.1) is 11.6 Å². The van der Waals surface area contributed by atoms with Crippen LogP contribution in [0.15, 0.2) is 22.7 Å². The first-order valence-electron chi connectivity index (χ1n) is 6.57. The normalized spacial score (nSPS) is 12.4. The van der Waals surface area contributed by atoms with Gasteiger partial charge in [0.25, 0.3) is 0 Å². The molecule has 0 aliphatic heterocycles. The van der Waals surface area contributed by atoms with Crippen LogP contribution in [0.5, 0.6) is 5.75 Å². The first-order chi connectivity index (χ1) is 9.21. The molecule has 1 rings (SSSR count). The Bertz CT molecular complexity index is 374. The molecule has 0 fully saturated rings. The molecular formula is C14H23BrN2O2. The first-order valence-corrected chi connectivity index (χ1v) is 7.36. The molecule has 19 heavy (non-hydrogen) atoms. The number of hydrogen-bond donors (Lipinski definition) is 2. The van der Waals surface area contributed by atoms with Crippen molar-refractivity contribution in [2.24, 2.45) is 5.84 Å². The molecule has 5 heteroatoms. The summed E-state index contributed by atoms with van der Waals surface area (Å²) in [6.45, 7) is 3.65. The predicted octanol–water partition coefficient (Wildman–Crippen LogP) is 2.65. The summed E-state index contributed by atoms with van der Waals surface area (Å²) in [4.78, 5) is 0. The second-order valence-electron chi connectivity index (χ2n) is 4.44. The highest BCUT2D eigenvalue weighted by Crippen LogP contribution is 2.26. The third-order valence-corrected chi connectivity index (χ3v) is 3.51. The van der Waals surface area contributed by atoms with Crippen molar-refractivity contribution < 1.29 is 9.47 Å². The Morgan fingerprint density at radius 2 is 2.16 bits per heavy atom. The molecule has 1 unspecified atom stereocenters. The van der Waals surface area contributed by atoms with Gasteiger partial charge in [-0.25, -0.2) is 0 Å². The van der Waals surface area contributed by atoms with Crippen LogP contribution in [-0.2, 0) is 11.2 Å². The second-order valence-corrected chi connectivity index (χ2v) is 5.29. The lowest BCUT2D eigenvalue weighted by atomic mass is 10.0. The van der Waals surface area contributed by atoms with Crippen LogP contribution in [0.25, 0.3) is 0 Å². The fourth-order valence-electron chi connectivity index (χ4n) is 1.84. The van der Waals surface area contributed by atoms with Gasteiger partial charge in [0.1, 0.15) is 5.75 Å². The first kappa shape index (κ1) is 16.4. The van der Waals surface area contributed by atoms with Crippen molar-refractivity contribution in [3.63, 3.8) is 0 Å². The minimum Gasteiger partial charge on any atom is -0.496 e. The van der Waals surface area contributed by atoms with E-state index >= 15 is 0 Å². The smallest absolute Gasteiger partial charge is 0.133 e.